The first-order valence-corrected chi connectivity index (χ1v) is 6.31. The van der Waals surface area contributed by atoms with Gasteiger partial charge in [0.2, 0.25) is 11.7 Å². The zero-order valence-electron chi connectivity index (χ0n) is 11.3. The van der Waals surface area contributed by atoms with Crippen LogP contribution in [-0.2, 0) is 0 Å². The van der Waals surface area contributed by atoms with Crippen molar-refractivity contribution in [2.45, 2.75) is 32.3 Å². The van der Waals surface area contributed by atoms with E-state index in [2.05, 4.69) is 10.1 Å². The van der Waals surface area contributed by atoms with Gasteiger partial charge in [0.15, 0.2) is 0 Å². The molecule has 5 nitrogen and oxygen atoms in total. The van der Waals surface area contributed by atoms with Crippen LogP contribution in [0.15, 0.2) is 28.8 Å². The molecule has 2 unspecified atom stereocenters. The summed E-state index contributed by atoms with van der Waals surface area (Å²) in [6.07, 6.45) is 0.246. The Balaban J connectivity index is 2.24. The molecule has 0 radical (unpaired) electrons. The van der Waals surface area contributed by atoms with Crippen molar-refractivity contribution in [3.63, 3.8) is 0 Å². The number of aliphatic hydroxyl groups excluding tert-OH is 1. The molecule has 1 heterocycles. The van der Waals surface area contributed by atoms with Crippen molar-refractivity contribution in [2.75, 3.05) is 7.11 Å². The summed E-state index contributed by atoms with van der Waals surface area (Å²) in [5.74, 6) is 1.66. The molecule has 1 aromatic carbocycles. The van der Waals surface area contributed by atoms with Gasteiger partial charge in [-0.3, -0.25) is 0 Å². The van der Waals surface area contributed by atoms with Gasteiger partial charge in [0, 0.05) is 5.56 Å². The first kappa shape index (κ1) is 13.5. The maximum atomic E-state index is 9.67. The van der Waals surface area contributed by atoms with Crippen LogP contribution in [0.5, 0.6) is 5.75 Å². The summed E-state index contributed by atoms with van der Waals surface area (Å²) < 4.78 is 10.3. The van der Waals surface area contributed by atoms with Crippen LogP contribution < -0.4 is 4.74 Å². The summed E-state index contributed by atoms with van der Waals surface area (Å²) in [6.45, 7) is 3.71. The molecule has 0 spiro atoms. The van der Waals surface area contributed by atoms with Crippen molar-refractivity contribution in [2.24, 2.45) is 0 Å². The zero-order valence-corrected chi connectivity index (χ0v) is 11.3. The Morgan fingerprint density at radius 1 is 1.32 bits per heavy atom. The molecule has 0 aliphatic heterocycles. The predicted molar refractivity (Wildman–Crippen MR) is 71.0 cm³/mol. The van der Waals surface area contributed by atoms with Gasteiger partial charge in [-0.05, 0) is 37.6 Å². The largest absolute Gasteiger partial charge is 0.497 e. The second kappa shape index (κ2) is 5.84. The number of methoxy groups -OCH3 is 1. The average molecular weight is 262 g/mol. The normalized spacial score (nSPS) is 14.1. The molecule has 0 saturated carbocycles. The molecule has 1 N–H and O–H groups in total. The van der Waals surface area contributed by atoms with Crippen LogP contribution in [0.1, 0.15) is 32.1 Å². The van der Waals surface area contributed by atoms with Crippen molar-refractivity contribution in [1.29, 1.82) is 0 Å². The van der Waals surface area contributed by atoms with E-state index in [1.807, 2.05) is 31.2 Å². The highest BCUT2D eigenvalue weighted by Gasteiger charge is 2.22. The van der Waals surface area contributed by atoms with Gasteiger partial charge in [0.05, 0.1) is 19.1 Å². The Hall–Kier alpha value is -1.88. The number of aromatic nitrogens is 2. The molecule has 0 amide bonds. The van der Waals surface area contributed by atoms with E-state index in [0.29, 0.717) is 11.7 Å². The summed E-state index contributed by atoms with van der Waals surface area (Å²) in [4.78, 5) is 4.35. The highest BCUT2D eigenvalue weighted by Crippen LogP contribution is 2.25. The quantitative estimate of drug-likeness (QED) is 0.897. The summed E-state index contributed by atoms with van der Waals surface area (Å²) in [5, 5.41) is 13.6. The van der Waals surface area contributed by atoms with Gasteiger partial charge in [-0.15, -0.1) is 0 Å². The monoisotopic (exact) mass is 262 g/mol. The van der Waals surface area contributed by atoms with E-state index in [-0.39, 0.29) is 5.92 Å². The number of hydrogen-bond donors (Lipinski definition) is 1. The summed E-state index contributed by atoms with van der Waals surface area (Å²) in [6, 6.07) is 7.43. The van der Waals surface area contributed by atoms with E-state index in [1.165, 1.54) is 0 Å². The summed E-state index contributed by atoms with van der Waals surface area (Å²) in [7, 11) is 1.62. The SMILES string of the molecule is CCC(c1nc(-c2ccc(OC)cc2)no1)C(C)O. The topological polar surface area (TPSA) is 68.4 Å². The molecule has 0 saturated heterocycles. The van der Waals surface area contributed by atoms with Crippen LogP contribution in [0.25, 0.3) is 11.4 Å². The van der Waals surface area contributed by atoms with Crippen LogP contribution in [0.3, 0.4) is 0 Å². The number of aliphatic hydroxyl groups is 1. The second-order valence-electron chi connectivity index (χ2n) is 4.44. The van der Waals surface area contributed by atoms with Gasteiger partial charge in [0.1, 0.15) is 5.75 Å². The molecule has 5 heteroatoms. The number of hydrogen-bond acceptors (Lipinski definition) is 5. The summed E-state index contributed by atoms with van der Waals surface area (Å²) >= 11 is 0. The molecule has 102 valence electrons. The van der Waals surface area contributed by atoms with Crippen LogP contribution in [-0.4, -0.2) is 28.5 Å². The minimum atomic E-state index is -0.505. The van der Waals surface area contributed by atoms with Crippen molar-refractivity contribution >= 4 is 0 Å². The van der Waals surface area contributed by atoms with Gasteiger partial charge >= 0.3 is 0 Å². The highest BCUT2D eigenvalue weighted by molar-refractivity contribution is 5.55. The molecule has 1 aromatic heterocycles. The van der Waals surface area contributed by atoms with Crippen molar-refractivity contribution in [3.8, 4) is 17.1 Å². The van der Waals surface area contributed by atoms with Crippen LogP contribution in [0.4, 0.5) is 0 Å². The lowest BCUT2D eigenvalue weighted by molar-refractivity contribution is 0.141. The van der Waals surface area contributed by atoms with Crippen molar-refractivity contribution in [1.82, 2.24) is 10.1 Å². The molecule has 2 aromatic rings. The third-order valence-electron chi connectivity index (χ3n) is 3.13. The van der Waals surface area contributed by atoms with E-state index in [0.717, 1.165) is 17.7 Å². The molecule has 0 fully saturated rings. The number of nitrogens with zero attached hydrogens (tertiary/aromatic N) is 2. The van der Waals surface area contributed by atoms with Crippen molar-refractivity contribution < 1.29 is 14.4 Å². The fourth-order valence-electron chi connectivity index (χ4n) is 1.97. The predicted octanol–water partition coefficient (Wildman–Crippen LogP) is 2.62. The van der Waals surface area contributed by atoms with Crippen LogP contribution >= 0.6 is 0 Å². The second-order valence-corrected chi connectivity index (χ2v) is 4.44. The lowest BCUT2D eigenvalue weighted by atomic mass is 10.0. The zero-order chi connectivity index (χ0) is 13.8. The fraction of sp³-hybridized carbons (Fsp3) is 0.429. The standard InChI is InChI=1S/C14H18N2O3/c1-4-12(9(2)17)14-15-13(16-19-14)10-5-7-11(18-3)8-6-10/h5-9,12,17H,4H2,1-3H3. The minimum absolute atomic E-state index is 0.125. The van der Waals surface area contributed by atoms with E-state index in [4.69, 9.17) is 9.26 Å². The van der Waals surface area contributed by atoms with E-state index < -0.39 is 6.10 Å². The third-order valence-corrected chi connectivity index (χ3v) is 3.13. The van der Waals surface area contributed by atoms with E-state index >= 15 is 0 Å². The first-order valence-electron chi connectivity index (χ1n) is 6.31. The van der Waals surface area contributed by atoms with Gasteiger partial charge in [-0.25, -0.2) is 0 Å². The Labute approximate surface area is 112 Å². The third kappa shape index (κ3) is 2.93. The molecular formula is C14H18N2O3. The Kier molecular flexibility index (Phi) is 4.16. The smallest absolute Gasteiger partial charge is 0.232 e. The fourth-order valence-corrected chi connectivity index (χ4v) is 1.97. The molecule has 0 aliphatic rings. The number of rotatable bonds is 5. The Morgan fingerprint density at radius 2 is 2.00 bits per heavy atom. The number of ether oxygens (including phenoxy) is 1. The molecular weight excluding hydrogens is 244 g/mol. The van der Waals surface area contributed by atoms with Gasteiger partial charge in [0.25, 0.3) is 0 Å². The lowest BCUT2D eigenvalue weighted by Gasteiger charge is -2.12. The Bertz CT molecular complexity index is 520. The molecule has 2 rings (SSSR count). The number of benzene rings is 1. The lowest BCUT2D eigenvalue weighted by Crippen LogP contribution is -2.13. The highest BCUT2D eigenvalue weighted by atomic mass is 16.5. The van der Waals surface area contributed by atoms with Crippen LogP contribution in [0.2, 0.25) is 0 Å². The van der Waals surface area contributed by atoms with Crippen LogP contribution in [0, 0.1) is 0 Å². The minimum Gasteiger partial charge on any atom is -0.497 e. The molecule has 19 heavy (non-hydrogen) atoms. The molecule has 2 atom stereocenters. The van der Waals surface area contributed by atoms with Gasteiger partial charge < -0.3 is 14.4 Å². The first-order chi connectivity index (χ1) is 9.15. The summed E-state index contributed by atoms with van der Waals surface area (Å²) in [5.41, 5.74) is 0.858. The maximum Gasteiger partial charge on any atom is 0.232 e. The van der Waals surface area contributed by atoms with Crippen molar-refractivity contribution in [3.05, 3.63) is 30.2 Å². The average Bonchev–Trinajstić information content (AvgIpc) is 2.89. The molecule has 0 aliphatic carbocycles. The van der Waals surface area contributed by atoms with E-state index in [1.54, 1.807) is 14.0 Å². The van der Waals surface area contributed by atoms with Gasteiger partial charge in [-0.2, -0.15) is 4.98 Å². The Morgan fingerprint density at radius 3 is 2.53 bits per heavy atom. The maximum absolute atomic E-state index is 9.67. The van der Waals surface area contributed by atoms with E-state index in [9.17, 15) is 5.11 Å². The molecule has 0 bridgehead atoms. The van der Waals surface area contributed by atoms with Gasteiger partial charge in [-0.1, -0.05) is 12.1 Å².